The first-order valence-corrected chi connectivity index (χ1v) is 10.5. The molecular formula is C24H32N4O2. The van der Waals surface area contributed by atoms with Crippen molar-refractivity contribution in [3.05, 3.63) is 65.7 Å². The van der Waals surface area contributed by atoms with Gasteiger partial charge < -0.3 is 10.2 Å². The second kappa shape index (κ2) is 11.8. The third-order valence-electron chi connectivity index (χ3n) is 5.23. The summed E-state index contributed by atoms with van der Waals surface area (Å²) in [6.07, 6.45) is 2.36. The molecule has 2 aromatic carbocycles. The Labute approximate surface area is 179 Å². The molecule has 0 saturated heterocycles. The van der Waals surface area contributed by atoms with Gasteiger partial charge in [0.05, 0.1) is 6.21 Å². The quantitative estimate of drug-likeness (QED) is 0.464. The first kappa shape index (κ1) is 23.1. The molecule has 0 aliphatic rings. The number of amides is 2. The highest BCUT2D eigenvalue weighted by molar-refractivity contribution is 5.97. The summed E-state index contributed by atoms with van der Waals surface area (Å²) in [4.78, 5) is 27.4. The van der Waals surface area contributed by atoms with Gasteiger partial charge in [0.25, 0.3) is 11.8 Å². The third kappa shape index (κ3) is 6.44. The van der Waals surface area contributed by atoms with Crippen molar-refractivity contribution in [2.24, 2.45) is 11.0 Å². The van der Waals surface area contributed by atoms with Crippen molar-refractivity contribution >= 4 is 23.7 Å². The maximum absolute atomic E-state index is 12.7. The van der Waals surface area contributed by atoms with E-state index in [2.05, 4.69) is 34.6 Å². The fourth-order valence-corrected chi connectivity index (χ4v) is 3.12. The Morgan fingerprint density at radius 2 is 1.63 bits per heavy atom. The zero-order chi connectivity index (χ0) is 21.9. The molecule has 2 amide bonds. The molecule has 2 rings (SSSR count). The summed E-state index contributed by atoms with van der Waals surface area (Å²) < 4.78 is 0. The molecule has 0 aliphatic carbocycles. The number of hydrogen-bond donors (Lipinski definition) is 2. The summed E-state index contributed by atoms with van der Waals surface area (Å²) in [7, 11) is 0. The summed E-state index contributed by atoms with van der Waals surface area (Å²) in [5, 5.41) is 6.92. The summed E-state index contributed by atoms with van der Waals surface area (Å²) in [5.41, 5.74) is 5.13. The predicted molar refractivity (Wildman–Crippen MR) is 123 cm³/mol. The number of hydrogen-bond acceptors (Lipinski definition) is 4. The number of anilines is 1. The molecule has 0 bridgehead atoms. The first-order chi connectivity index (χ1) is 14.5. The standard InChI is InChI=1S/C24H32N4O2/c1-5-18(4)22(26-23(29)20-11-9-8-10-12-20)24(30)27-25-17-19-13-15-21(16-14-19)28(6-2)7-3/h8-18,22H,5-7H2,1-4H3,(H,26,29)(H,27,30)/b25-17-. The number of nitrogens with one attached hydrogen (secondary N) is 2. The van der Waals surface area contributed by atoms with Crippen LogP contribution in [0, 0.1) is 5.92 Å². The fraction of sp³-hybridized carbons (Fsp3) is 0.375. The van der Waals surface area contributed by atoms with Crippen molar-refractivity contribution < 1.29 is 9.59 Å². The van der Waals surface area contributed by atoms with E-state index >= 15 is 0 Å². The minimum Gasteiger partial charge on any atom is -0.372 e. The zero-order valence-electron chi connectivity index (χ0n) is 18.3. The van der Waals surface area contributed by atoms with Crippen molar-refractivity contribution in [2.75, 3.05) is 18.0 Å². The van der Waals surface area contributed by atoms with Crippen LogP contribution in [0.2, 0.25) is 0 Å². The summed E-state index contributed by atoms with van der Waals surface area (Å²) in [6.45, 7) is 10.1. The van der Waals surface area contributed by atoms with Crippen LogP contribution < -0.4 is 15.6 Å². The van der Waals surface area contributed by atoms with Crippen molar-refractivity contribution in [3.63, 3.8) is 0 Å². The first-order valence-electron chi connectivity index (χ1n) is 10.5. The highest BCUT2D eigenvalue weighted by atomic mass is 16.2. The molecule has 2 unspecified atom stereocenters. The lowest BCUT2D eigenvalue weighted by Crippen LogP contribution is -2.49. The summed E-state index contributed by atoms with van der Waals surface area (Å²) in [6, 6.07) is 16.2. The van der Waals surface area contributed by atoms with Crippen LogP contribution in [0.4, 0.5) is 5.69 Å². The van der Waals surface area contributed by atoms with Gasteiger partial charge in [0, 0.05) is 24.3 Å². The Hall–Kier alpha value is -3.15. The number of carbonyl (C=O) groups excluding carboxylic acids is 2. The predicted octanol–water partition coefficient (Wildman–Crippen LogP) is 3.83. The lowest BCUT2D eigenvalue weighted by molar-refractivity contribution is -0.124. The van der Waals surface area contributed by atoms with Gasteiger partial charge in [0.1, 0.15) is 6.04 Å². The van der Waals surface area contributed by atoms with E-state index in [4.69, 9.17) is 0 Å². The molecule has 0 fully saturated rings. The number of nitrogens with zero attached hydrogens (tertiary/aromatic N) is 2. The lowest BCUT2D eigenvalue weighted by atomic mass is 9.98. The van der Waals surface area contributed by atoms with E-state index in [1.54, 1.807) is 30.5 Å². The van der Waals surface area contributed by atoms with Gasteiger partial charge in [-0.1, -0.05) is 50.6 Å². The highest BCUT2D eigenvalue weighted by Gasteiger charge is 2.26. The van der Waals surface area contributed by atoms with E-state index in [0.717, 1.165) is 30.8 Å². The molecule has 0 aromatic heterocycles. The average Bonchev–Trinajstić information content (AvgIpc) is 2.79. The van der Waals surface area contributed by atoms with Gasteiger partial charge in [0.15, 0.2) is 0 Å². The summed E-state index contributed by atoms with van der Waals surface area (Å²) in [5.74, 6) is -0.627. The van der Waals surface area contributed by atoms with Gasteiger partial charge >= 0.3 is 0 Å². The van der Waals surface area contributed by atoms with E-state index in [-0.39, 0.29) is 17.7 Å². The van der Waals surface area contributed by atoms with E-state index in [1.165, 1.54) is 0 Å². The maximum atomic E-state index is 12.7. The van der Waals surface area contributed by atoms with Gasteiger partial charge in [-0.25, -0.2) is 5.43 Å². The molecular weight excluding hydrogens is 376 g/mol. The van der Waals surface area contributed by atoms with E-state index < -0.39 is 6.04 Å². The zero-order valence-corrected chi connectivity index (χ0v) is 18.3. The second-order valence-corrected chi connectivity index (χ2v) is 7.20. The van der Waals surface area contributed by atoms with Crippen molar-refractivity contribution in [2.45, 2.75) is 40.2 Å². The third-order valence-corrected chi connectivity index (χ3v) is 5.23. The molecule has 0 heterocycles. The SMILES string of the molecule is CCC(C)C(NC(=O)c1ccccc1)C(=O)N/N=C\c1ccc(N(CC)CC)cc1. The maximum Gasteiger partial charge on any atom is 0.262 e. The van der Waals surface area contributed by atoms with Gasteiger partial charge in [-0.15, -0.1) is 0 Å². The number of carbonyl (C=O) groups is 2. The van der Waals surface area contributed by atoms with E-state index in [0.29, 0.717) is 5.56 Å². The monoisotopic (exact) mass is 408 g/mol. The molecule has 6 heteroatoms. The minimum absolute atomic E-state index is 0.0267. The number of rotatable bonds is 10. The van der Waals surface area contributed by atoms with Gasteiger partial charge in [-0.05, 0) is 49.6 Å². The van der Waals surface area contributed by atoms with Crippen LogP contribution in [-0.2, 0) is 4.79 Å². The van der Waals surface area contributed by atoms with Gasteiger partial charge in [-0.3, -0.25) is 9.59 Å². The van der Waals surface area contributed by atoms with Crippen LogP contribution in [0.15, 0.2) is 59.7 Å². The lowest BCUT2D eigenvalue weighted by Gasteiger charge is -2.22. The van der Waals surface area contributed by atoms with Crippen molar-refractivity contribution in [3.8, 4) is 0 Å². The largest absolute Gasteiger partial charge is 0.372 e. The van der Waals surface area contributed by atoms with Crippen LogP contribution in [0.5, 0.6) is 0 Å². The Kier molecular flexibility index (Phi) is 9.06. The molecule has 30 heavy (non-hydrogen) atoms. The fourth-order valence-electron chi connectivity index (χ4n) is 3.12. The smallest absolute Gasteiger partial charge is 0.262 e. The molecule has 160 valence electrons. The molecule has 0 radical (unpaired) electrons. The average molecular weight is 409 g/mol. The number of hydrazone groups is 1. The Bertz CT molecular complexity index is 830. The second-order valence-electron chi connectivity index (χ2n) is 7.20. The highest BCUT2D eigenvalue weighted by Crippen LogP contribution is 2.14. The van der Waals surface area contributed by atoms with E-state index in [1.807, 2.05) is 44.2 Å². The van der Waals surface area contributed by atoms with E-state index in [9.17, 15) is 9.59 Å². The van der Waals surface area contributed by atoms with Crippen LogP contribution >= 0.6 is 0 Å². The Morgan fingerprint density at radius 1 is 1.00 bits per heavy atom. The molecule has 0 saturated carbocycles. The molecule has 6 nitrogen and oxygen atoms in total. The van der Waals surface area contributed by atoms with Gasteiger partial charge in [-0.2, -0.15) is 5.10 Å². The van der Waals surface area contributed by atoms with Crippen LogP contribution in [0.1, 0.15) is 50.0 Å². The van der Waals surface area contributed by atoms with Crippen molar-refractivity contribution in [1.82, 2.24) is 10.7 Å². The normalized spacial score (nSPS) is 12.9. The summed E-state index contributed by atoms with van der Waals surface area (Å²) >= 11 is 0. The van der Waals surface area contributed by atoms with Gasteiger partial charge in [0.2, 0.25) is 0 Å². The molecule has 2 N–H and O–H groups in total. The Morgan fingerprint density at radius 3 is 2.20 bits per heavy atom. The van der Waals surface area contributed by atoms with Crippen LogP contribution in [0.25, 0.3) is 0 Å². The topological polar surface area (TPSA) is 73.8 Å². The number of benzene rings is 2. The molecule has 2 atom stereocenters. The van der Waals surface area contributed by atoms with Crippen molar-refractivity contribution in [1.29, 1.82) is 0 Å². The van der Waals surface area contributed by atoms with Crippen LogP contribution in [-0.4, -0.2) is 37.2 Å². The molecule has 2 aromatic rings. The Balaban J connectivity index is 2.00. The molecule has 0 spiro atoms. The minimum atomic E-state index is -0.662. The molecule has 0 aliphatic heterocycles. The van der Waals surface area contributed by atoms with Crippen LogP contribution in [0.3, 0.4) is 0 Å².